The zero-order valence-electron chi connectivity index (χ0n) is 12.2. The maximum absolute atomic E-state index is 12.0. The fourth-order valence-corrected chi connectivity index (χ4v) is 3.36. The lowest BCUT2D eigenvalue weighted by molar-refractivity contribution is -0.138. The van der Waals surface area contributed by atoms with E-state index < -0.39 is 5.97 Å². The van der Waals surface area contributed by atoms with Crippen LogP contribution in [0.4, 0.5) is 5.69 Å². The molecule has 2 N–H and O–H groups in total. The molecule has 0 atom stereocenters. The predicted octanol–water partition coefficient (Wildman–Crippen LogP) is 3.53. The third-order valence-corrected chi connectivity index (χ3v) is 4.75. The lowest BCUT2D eigenvalue weighted by Gasteiger charge is -2.06. The van der Waals surface area contributed by atoms with Crippen molar-refractivity contribution in [1.29, 1.82) is 0 Å². The molecule has 0 radical (unpaired) electrons. The highest BCUT2D eigenvalue weighted by Gasteiger charge is 2.09. The van der Waals surface area contributed by atoms with Crippen molar-refractivity contribution in [3.8, 4) is 0 Å². The third kappa shape index (κ3) is 5.88. The first kappa shape index (κ1) is 17.2. The fraction of sp³-hybridized carbons (Fsp3) is 0.188. The second-order valence-electron chi connectivity index (χ2n) is 4.66. The van der Waals surface area contributed by atoms with Gasteiger partial charge in [-0.25, -0.2) is 0 Å². The summed E-state index contributed by atoms with van der Waals surface area (Å²) >= 11 is 2.82. The average molecular weight is 349 g/mol. The van der Waals surface area contributed by atoms with Crippen molar-refractivity contribution >= 4 is 46.4 Å². The molecule has 0 fully saturated rings. The summed E-state index contributed by atoms with van der Waals surface area (Å²) in [5.74, 6) is -0.946. The zero-order valence-corrected chi connectivity index (χ0v) is 13.8. The SMILES string of the molecule is O=C(O)CCC(=O)Nc1cccc(SCC(=O)c2cccs2)c1. The Morgan fingerprint density at radius 3 is 2.65 bits per heavy atom. The van der Waals surface area contributed by atoms with Gasteiger partial charge in [-0.1, -0.05) is 12.1 Å². The van der Waals surface area contributed by atoms with Crippen LogP contribution in [0.15, 0.2) is 46.7 Å². The summed E-state index contributed by atoms with van der Waals surface area (Å²) in [6, 6.07) is 10.8. The van der Waals surface area contributed by atoms with E-state index in [4.69, 9.17) is 5.11 Å². The van der Waals surface area contributed by atoms with E-state index >= 15 is 0 Å². The van der Waals surface area contributed by atoms with E-state index in [-0.39, 0.29) is 24.5 Å². The number of nitrogens with one attached hydrogen (secondary N) is 1. The van der Waals surface area contributed by atoms with Gasteiger partial charge in [-0.15, -0.1) is 23.1 Å². The number of Topliss-reactive ketones (excluding diaryl/α,β-unsaturated/α-hetero) is 1. The molecule has 1 aromatic heterocycles. The van der Waals surface area contributed by atoms with Gasteiger partial charge in [0.25, 0.3) is 0 Å². The summed E-state index contributed by atoms with van der Waals surface area (Å²) in [6.45, 7) is 0. The Hall–Kier alpha value is -2.12. The average Bonchev–Trinajstić information content (AvgIpc) is 3.05. The maximum atomic E-state index is 12.0. The molecule has 2 aromatic rings. The smallest absolute Gasteiger partial charge is 0.303 e. The maximum Gasteiger partial charge on any atom is 0.303 e. The van der Waals surface area contributed by atoms with Crippen LogP contribution in [-0.2, 0) is 9.59 Å². The minimum Gasteiger partial charge on any atom is -0.481 e. The first-order chi connectivity index (χ1) is 11.0. The van der Waals surface area contributed by atoms with Gasteiger partial charge < -0.3 is 10.4 Å². The summed E-state index contributed by atoms with van der Waals surface area (Å²) < 4.78 is 0. The molecule has 0 bridgehead atoms. The summed E-state index contributed by atoms with van der Waals surface area (Å²) in [5, 5.41) is 13.1. The van der Waals surface area contributed by atoms with Gasteiger partial charge in [-0.2, -0.15) is 0 Å². The molecule has 0 spiro atoms. The lowest BCUT2D eigenvalue weighted by atomic mass is 10.2. The molecule has 0 unspecified atom stereocenters. The molecule has 0 saturated carbocycles. The number of anilines is 1. The number of thioether (sulfide) groups is 1. The van der Waals surface area contributed by atoms with Crippen LogP contribution in [0, 0.1) is 0 Å². The number of rotatable bonds is 8. The van der Waals surface area contributed by atoms with Gasteiger partial charge in [0.2, 0.25) is 5.91 Å². The van der Waals surface area contributed by atoms with Gasteiger partial charge in [-0.3, -0.25) is 14.4 Å². The highest BCUT2D eigenvalue weighted by Crippen LogP contribution is 2.23. The van der Waals surface area contributed by atoms with Gasteiger partial charge in [-0.05, 0) is 29.6 Å². The first-order valence-electron chi connectivity index (χ1n) is 6.86. The van der Waals surface area contributed by atoms with Crippen molar-refractivity contribution in [3.63, 3.8) is 0 Å². The number of carbonyl (C=O) groups excluding carboxylic acids is 2. The summed E-state index contributed by atoms with van der Waals surface area (Å²) in [7, 11) is 0. The largest absolute Gasteiger partial charge is 0.481 e. The highest BCUT2D eigenvalue weighted by molar-refractivity contribution is 8.00. The number of benzene rings is 1. The Bertz CT molecular complexity index is 698. The number of ketones is 1. The van der Waals surface area contributed by atoms with Crippen LogP contribution >= 0.6 is 23.1 Å². The highest BCUT2D eigenvalue weighted by atomic mass is 32.2. The van der Waals surface area contributed by atoms with Crippen molar-refractivity contribution in [1.82, 2.24) is 0 Å². The van der Waals surface area contributed by atoms with Crippen LogP contribution in [0.2, 0.25) is 0 Å². The Kier molecular flexibility index (Phi) is 6.37. The minimum atomic E-state index is -1.00. The van der Waals surface area contributed by atoms with E-state index in [2.05, 4.69) is 5.32 Å². The molecule has 0 aliphatic heterocycles. The Morgan fingerprint density at radius 2 is 1.96 bits per heavy atom. The molecule has 7 heteroatoms. The molecule has 0 aliphatic rings. The molecule has 0 aliphatic carbocycles. The standard InChI is InChI=1S/C16H15NO4S2/c18-13(14-5-2-8-22-14)10-23-12-4-1-3-11(9-12)17-15(19)6-7-16(20)21/h1-5,8-9H,6-7,10H2,(H,17,19)(H,20,21). The molecular weight excluding hydrogens is 334 g/mol. The van der Waals surface area contributed by atoms with Crippen molar-refractivity contribution < 1.29 is 19.5 Å². The van der Waals surface area contributed by atoms with Crippen molar-refractivity contribution in [3.05, 3.63) is 46.7 Å². The number of carboxylic acids is 1. The van der Waals surface area contributed by atoms with Crippen molar-refractivity contribution in [2.45, 2.75) is 17.7 Å². The van der Waals surface area contributed by atoms with Gasteiger partial charge in [0.15, 0.2) is 5.78 Å². The second kappa shape index (κ2) is 8.50. The van der Waals surface area contributed by atoms with Crippen LogP contribution in [0.3, 0.4) is 0 Å². The Morgan fingerprint density at radius 1 is 1.13 bits per heavy atom. The Balaban J connectivity index is 1.88. The molecule has 120 valence electrons. The van der Waals surface area contributed by atoms with Crippen molar-refractivity contribution in [2.24, 2.45) is 0 Å². The zero-order chi connectivity index (χ0) is 16.7. The Labute approximate surface area is 141 Å². The third-order valence-electron chi connectivity index (χ3n) is 2.85. The van der Waals surface area contributed by atoms with Gasteiger partial charge in [0, 0.05) is 17.0 Å². The van der Waals surface area contributed by atoms with Gasteiger partial charge in [0.1, 0.15) is 0 Å². The van der Waals surface area contributed by atoms with Gasteiger partial charge >= 0.3 is 5.97 Å². The molecule has 1 aromatic carbocycles. The summed E-state index contributed by atoms with van der Waals surface area (Å²) in [4.78, 5) is 35.6. The lowest BCUT2D eigenvalue weighted by Crippen LogP contribution is -2.13. The molecule has 1 amide bonds. The molecule has 5 nitrogen and oxygen atoms in total. The molecule has 1 heterocycles. The van der Waals surface area contributed by atoms with Crippen LogP contribution in [0.25, 0.3) is 0 Å². The van der Waals surface area contributed by atoms with Crippen LogP contribution in [0.1, 0.15) is 22.5 Å². The first-order valence-corrected chi connectivity index (χ1v) is 8.72. The van der Waals surface area contributed by atoms with E-state index in [1.807, 2.05) is 17.5 Å². The van der Waals surface area contributed by atoms with Crippen LogP contribution in [-0.4, -0.2) is 28.5 Å². The van der Waals surface area contributed by atoms with E-state index in [1.54, 1.807) is 24.3 Å². The van der Waals surface area contributed by atoms with Crippen LogP contribution < -0.4 is 5.32 Å². The number of carboxylic acid groups (broad SMARTS) is 1. The van der Waals surface area contributed by atoms with E-state index in [9.17, 15) is 14.4 Å². The number of hydrogen-bond acceptors (Lipinski definition) is 5. The quantitative estimate of drug-likeness (QED) is 0.563. The number of aliphatic carboxylic acids is 1. The normalized spacial score (nSPS) is 10.3. The monoisotopic (exact) mass is 349 g/mol. The number of carbonyl (C=O) groups is 3. The molecule has 0 saturated heterocycles. The number of amides is 1. The second-order valence-corrected chi connectivity index (χ2v) is 6.66. The molecule has 2 rings (SSSR count). The van der Waals surface area contributed by atoms with E-state index in [0.29, 0.717) is 11.4 Å². The van der Waals surface area contributed by atoms with Crippen molar-refractivity contribution in [2.75, 3.05) is 11.1 Å². The number of thiophene rings is 1. The summed E-state index contributed by atoms with van der Waals surface area (Å²) in [6.07, 6.45) is -0.265. The summed E-state index contributed by atoms with van der Waals surface area (Å²) in [5.41, 5.74) is 0.592. The van der Waals surface area contributed by atoms with Crippen LogP contribution in [0.5, 0.6) is 0 Å². The fourth-order valence-electron chi connectivity index (χ4n) is 1.76. The predicted molar refractivity (Wildman–Crippen MR) is 91.3 cm³/mol. The number of hydrogen-bond donors (Lipinski definition) is 2. The topological polar surface area (TPSA) is 83.5 Å². The van der Waals surface area contributed by atoms with Gasteiger partial charge in [0.05, 0.1) is 17.1 Å². The molecule has 23 heavy (non-hydrogen) atoms. The minimum absolute atomic E-state index is 0.0659. The van der Waals surface area contributed by atoms with E-state index in [0.717, 1.165) is 9.77 Å². The molecular formula is C16H15NO4S2. The van der Waals surface area contributed by atoms with E-state index in [1.165, 1.54) is 23.1 Å².